The third kappa shape index (κ3) is 2.06. The van der Waals surface area contributed by atoms with E-state index < -0.39 is 0 Å². The number of aliphatic hydroxyl groups excluding tert-OH is 1. The summed E-state index contributed by atoms with van der Waals surface area (Å²) in [5.41, 5.74) is 8.34. The van der Waals surface area contributed by atoms with Gasteiger partial charge in [-0.3, -0.25) is 0 Å². The van der Waals surface area contributed by atoms with Crippen LogP contribution in [0.2, 0.25) is 0 Å². The fourth-order valence-electron chi connectivity index (χ4n) is 2.21. The van der Waals surface area contributed by atoms with Gasteiger partial charge >= 0.3 is 0 Å². The molecule has 15 heavy (non-hydrogen) atoms. The molecule has 0 heterocycles. The van der Waals surface area contributed by atoms with Gasteiger partial charge in [-0.15, -0.1) is 0 Å². The van der Waals surface area contributed by atoms with Gasteiger partial charge in [-0.25, -0.2) is 0 Å². The third-order valence-electron chi connectivity index (χ3n) is 3.40. The van der Waals surface area contributed by atoms with E-state index >= 15 is 0 Å². The lowest BCUT2D eigenvalue weighted by Gasteiger charge is -2.17. The Kier molecular flexibility index (Phi) is 3.08. The van der Waals surface area contributed by atoms with Gasteiger partial charge in [0.1, 0.15) is 0 Å². The van der Waals surface area contributed by atoms with Crippen molar-refractivity contribution in [1.29, 1.82) is 0 Å². The van der Waals surface area contributed by atoms with E-state index in [0.717, 1.165) is 32.2 Å². The van der Waals surface area contributed by atoms with Crippen LogP contribution in [0.4, 0.5) is 0 Å². The normalized spacial score (nSPS) is 17.7. The molecule has 3 N–H and O–H groups in total. The molecule has 1 aliphatic rings. The monoisotopic (exact) mass is 205 g/mol. The Morgan fingerprint density at radius 3 is 2.60 bits per heavy atom. The predicted octanol–water partition coefficient (Wildman–Crippen LogP) is 1.60. The highest BCUT2D eigenvalue weighted by molar-refractivity contribution is 5.38. The maximum Gasteiger partial charge on any atom is 0.0528 e. The molecule has 1 fully saturated rings. The molecule has 82 valence electrons. The molecule has 0 amide bonds. The molecule has 2 nitrogen and oxygen atoms in total. The number of aryl methyl sites for hydroxylation is 1. The summed E-state index contributed by atoms with van der Waals surface area (Å²) >= 11 is 0. The molecule has 0 aromatic heterocycles. The second-order valence-corrected chi connectivity index (χ2v) is 4.49. The van der Waals surface area contributed by atoms with E-state index in [4.69, 9.17) is 5.73 Å². The Balaban J connectivity index is 2.22. The highest BCUT2D eigenvalue weighted by Gasteiger charge is 2.44. The van der Waals surface area contributed by atoms with Gasteiger partial charge in [0.25, 0.3) is 0 Å². The van der Waals surface area contributed by atoms with Crippen molar-refractivity contribution in [3.63, 3.8) is 0 Å². The number of rotatable bonds is 5. The van der Waals surface area contributed by atoms with E-state index in [0.29, 0.717) is 0 Å². The Morgan fingerprint density at radius 1 is 1.27 bits per heavy atom. The molecule has 0 aliphatic heterocycles. The molecule has 1 aromatic rings. The van der Waals surface area contributed by atoms with E-state index in [1.54, 1.807) is 0 Å². The van der Waals surface area contributed by atoms with Crippen molar-refractivity contribution >= 4 is 0 Å². The molecule has 0 atom stereocenters. The molecule has 1 aromatic carbocycles. The van der Waals surface area contributed by atoms with Crippen LogP contribution in [0.3, 0.4) is 0 Å². The Bertz CT molecular complexity index is 331. The zero-order chi connectivity index (χ0) is 10.7. The molecule has 0 radical (unpaired) electrons. The summed E-state index contributed by atoms with van der Waals surface area (Å²) in [5.74, 6) is 0. The van der Waals surface area contributed by atoms with Crippen LogP contribution in [0, 0.1) is 0 Å². The van der Waals surface area contributed by atoms with Gasteiger partial charge in [0.2, 0.25) is 0 Å². The minimum atomic E-state index is 0.0885. The largest absolute Gasteiger partial charge is 0.395 e. The number of aliphatic hydroxyl groups is 1. The molecule has 2 rings (SSSR count). The molecule has 0 bridgehead atoms. The van der Waals surface area contributed by atoms with E-state index in [-0.39, 0.29) is 12.0 Å². The molecular formula is C13H19NO. The van der Waals surface area contributed by atoms with Crippen molar-refractivity contribution in [2.45, 2.75) is 31.1 Å². The summed E-state index contributed by atoms with van der Waals surface area (Å²) in [7, 11) is 0. The minimum absolute atomic E-state index is 0.0885. The first-order valence-corrected chi connectivity index (χ1v) is 5.72. The van der Waals surface area contributed by atoms with Crippen LogP contribution in [0.5, 0.6) is 0 Å². The minimum Gasteiger partial charge on any atom is -0.395 e. The second-order valence-electron chi connectivity index (χ2n) is 4.49. The van der Waals surface area contributed by atoms with Crippen LogP contribution in [0.1, 0.15) is 30.4 Å². The summed E-state index contributed by atoms with van der Waals surface area (Å²) in [5, 5.41) is 9.44. The van der Waals surface area contributed by atoms with E-state index in [2.05, 4.69) is 24.3 Å². The Morgan fingerprint density at radius 2 is 2.00 bits per heavy atom. The fourth-order valence-corrected chi connectivity index (χ4v) is 2.21. The second kappa shape index (κ2) is 4.33. The van der Waals surface area contributed by atoms with Crippen LogP contribution in [-0.2, 0) is 11.8 Å². The summed E-state index contributed by atoms with van der Waals surface area (Å²) in [6.45, 7) is 1.02. The van der Waals surface area contributed by atoms with Crippen molar-refractivity contribution in [2.24, 2.45) is 5.73 Å². The van der Waals surface area contributed by atoms with E-state index in [1.807, 2.05) is 0 Å². The maximum atomic E-state index is 9.44. The zero-order valence-corrected chi connectivity index (χ0v) is 9.08. The first-order valence-electron chi connectivity index (χ1n) is 5.72. The average Bonchev–Trinajstić information content (AvgIpc) is 3.08. The van der Waals surface area contributed by atoms with Crippen LogP contribution >= 0.6 is 0 Å². The van der Waals surface area contributed by atoms with Gasteiger partial charge in [0.15, 0.2) is 0 Å². The van der Waals surface area contributed by atoms with Gasteiger partial charge in [-0.1, -0.05) is 24.3 Å². The van der Waals surface area contributed by atoms with Gasteiger partial charge in [-0.05, 0) is 43.4 Å². The molecular weight excluding hydrogens is 186 g/mol. The highest BCUT2D eigenvalue weighted by Crippen LogP contribution is 2.48. The molecule has 0 saturated heterocycles. The fraction of sp³-hybridized carbons (Fsp3) is 0.538. The Hall–Kier alpha value is -0.860. The standard InChI is InChI=1S/C13H19NO/c14-9-3-5-11-4-1-2-6-12(11)13(10-15)7-8-13/h1-2,4,6,15H,3,5,7-10,14H2. The lowest BCUT2D eigenvalue weighted by atomic mass is 9.90. The SMILES string of the molecule is NCCCc1ccccc1C1(CO)CC1. The van der Waals surface area contributed by atoms with Crippen molar-refractivity contribution in [3.8, 4) is 0 Å². The van der Waals surface area contributed by atoms with Gasteiger partial charge in [0, 0.05) is 5.41 Å². The topological polar surface area (TPSA) is 46.2 Å². The number of hydrogen-bond acceptors (Lipinski definition) is 2. The lowest BCUT2D eigenvalue weighted by molar-refractivity contribution is 0.254. The highest BCUT2D eigenvalue weighted by atomic mass is 16.3. The summed E-state index contributed by atoms with van der Waals surface area (Å²) in [6, 6.07) is 8.47. The number of nitrogens with two attached hydrogens (primary N) is 1. The first-order chi connectivity index (χ1) is 7.32. The van der Waals surface area contributed by atoms with Crippen LogP contribution < -0.4 is 5.73 Å². The predicted molar refractivity (Wildman–Crippen MR) is 61.8 cm³/mol. The van der Waals surface area contributed by atoms with Crippen LogP contribution in [0.15, 0.2) is 24.3 Å². The van der Waals surface area contributed by atoms with Crippen molar-refractivity contribution in [3.05, 3.63) is 35.4 Å². The number of hydrogen-bond donors (Lipinski definition) is 2. The zero-order valence-electron chi connectivity index (χ0n) is 9.08. The van der Waals surface area contributed by atoms with E-state index in [1.165, 1.54) is 11.1 Å². The molecule has 1 saturated carbocycles. The third-order valence-corrected chi connectivity index (χ3v) is 3.40. The van der Waals surface area contributed by atoms with Crippen LogP contribution in [-0.4, -0.2) is 18.3 Å². The summed E-state index contributed by atoms with van der Waals surface area (Å²) in [6.07, 6.45) is 4.32. The quantitative estimate of drug-likeness (QED) is 0.767. The molecule has 0 spiro atoms. The van der Waals surface area contributed by atoms with Gasteiger partial charge in [-0.2, -0.15) is 0 Å². The van der Waals surface area contributed by atoms with Gasteiger partial charge < -0.3 is 10.8 Å². The Labute approximate surface area is 91.1 Å². The smallest absolute Gasteiger partial charge is 0.0528 e. The van der Waals surface area contributed by atoms with Crippen LogP contribution in [0.25, 0.3) is 0 Å². The summed E-state index contributed by atoms with van der Waals surface area (Å²) in [4.78, 5) is 0. The maximum absolute atomic E-state index is 9.44. The lowest BCUT2D eigenvalue weighted by Crippen LogP contribution is -2.15. The van der Waals surface area contributed by atoms with Crippen molar-refractivity contribution in [2.75, 3.05) is 13.2 Å². The summed E-state index contributed by atoms with van der Waals surface area (Å²) < 4.78 is 0. The molecule has 0 unspecified atom stereocenters. The molecule has 1 aliphatic carbocycles. The first kappa shape index (κ1) is 10.7. The average molecular weight is 205 g/mol. The van der Waals surface area contributed by atoms with Gasteiger partial charge in [0.05, 0.1) is 6.61 Å². The molecule has 2 heteroatoms. The van der Waals surface area contributed by atoms with Crippen molar-refractivity contribution < 1.29 is 5.11 Å². The van der Waals surface area contributed by atoms with E-state index in [9.17, 15) is 5.11 Å². The number of benzene rings is 1. The van der Waals surface area contributed by atoms with Crippen molar-refractivity contribution in [1.82, 2.24) is 0 Å².